The SMILES string of the molecule is O=S1CCCN(c2ccc(-c3ccnc(Nc4ccc(N5CCOCC5)cc4)n3)cc2)CO1. The van der Waals surface area contributed by atoms with Crippen LogP contribution < -0.4 is 15.1 Å². The van der Waals surface area contributed by atoms with Crippen LogP contribution in [0.25, 0.3) is 11.3 Å². The van der Waals surface area contributed by atoms with E-state index in [1.165, 1.54) is 5.69 Å². The largest absolute Gasteiger partial charge is 0.378 e. The van der Waals surface area contributed by atoms with E-state index in [0.29, 0.717) is 18.4 Å². The Morgan fingerprint density at radius 3 is 2.39 bits per heavy atom. The summed E-state index contributed by atoms with van der Waals surface area (Å²) < 4.78 is 22.4. The van der Waals surface area contributed by atoms with Crippen molar-refractivity contribution in [2.24, 2.45) is 0 Å². The summed E-state index contributed by atoms with van der Waals surface area (Å²) in [6, 6.07) is 18.4. The van der Waals surface area contributed by atoms with E-state index >= 15 is 0 Å². The first kappa shape index (κ1) is 21.8. The van der Waals surface area contributed by atoms with Crippen LogP contribution in [0.3, 0.4) is 0 Å². The fourth-order valence-corrected chi connectivity index (χ4v) is 4.68. The molecular weight excluding hydrogens is 438 g/mol. The Morgan fingerprint density at radius 2 is 1.61 bits per heavy atom. The van der Waals surface area contributed by atoms with Crippen molar-refractivity contribution in [1.82, 2.24) is 9.97 Å². The molecule has 9 heteroatoms. The summed E-state index contributed by atoms with van der Waals surface area (Å²) in [5.41, 5.74) is 5.03. The van der Waals surface area contributed by atoms with Gasteiger partial charge in [0.1, 0.15) is 6.73 Å². The van der Waals surface area contributed by atoms with Gasteiger partial charge in [0.2, 0.25) is 5.95 Å². The third-order valence-corrected chi connectivity index (χ3v) is 6.75. The molecule has 2 fully saturated rings. The third kappa shape index (κ3) is 5.50. The van der Waals surface area contributed by atoms with Crippen LogP contribution >= 0.6 is 0 Å². The summed E-state index contributed by atoms with van der Waals surface area (Å²) in [6.07, 6.45) is 2.61. The van der Waals surface area contributed by atoms with Gasteiger partial charge in [0.15, 0.2) is 11.1 Å². The molecule has 8 nitrogen and oxygen atoms in total. The average molecular weight is 466 g/mol. The second-order valence-corrected chi connectivity index (χ2v) is 9.21. The maximum atomic E-state index is 11.6. The molecule has 5 rings (SSSR count). The van der Waals surface area contributed by atoms with E-state index in [1.807, 2.05) is 42.5 Å². The summed E-state index contributed by atoms with van der Waals surface area (Å²) in [7, 11) is 0. The van der Waals surface area contributed by atoms with Crippen LogP contribution in [0.1, 0.15) is 6.42 Å². The van der Waals surface area contributed by atoms with Gasteiger partial charge in [-0.1, -0.05) is 12.1 Å². The maximum Gasteiger partial charge on any atom is 0.227 e. The predicted molar refractivity (Wildman–Crippen MR) is 131 cm³/mol. The summed E-state index contributed by atoms with van der Waals surface area (Å²) in [5, 5.41) is 3.30. The number of hydrogen-bond acceptors (Lipinski definition) is 8. The van der Waals surface area contributed by atoms with Crippen molar-refractivity contribution < 1.29 is 13.1 Å². The fourth-order valence-electron chi connectivity index (χ4n) is 3.95. The summed E-state index contributed by atoms with van der Waals surface area (Å²) in [5.74, 6) is 1.14. The highest BCUT2D eigenvalue weighted by Gasteiger charge is 2.15. The molecule has 1 N–H and O–H groups in total. The molecule has 2 aromatic carbocycles. The second kappa shape index (κ2) is 10.3. The number of morpholine rings is 1. The zero-order valence-corrected chi connectivity index (χ0v) is 19.2. The molecule has 33 heavy (non-hydrogen) atoms. The lowest BCUT2D eigenvalue weighted by molar-refractivity contribution is 0.122. The molecule has 3 heterocycles. The molecule has 172 valence electrons. The van der Waals surface area contributed by atoms with Crippen LogP contribution in [0.15, 0.2) is 60.8 Å². The van der Waals surface area contributed by atoms with Gasteiger partial charge in [-0.3, -0.25) is 4.18 Å². The fraction of sp³-hybridized carbons (Fsp3) is 0.333. The number of hydrogen-bond donors (Lipinski definition) is 1. The van der Waals surface area contributed by atoms with Crippen LogP contribution in [0.4, 0.5) is 23.0 Å². The first-order valence-electron chi connectivity index (χ1n) is 11.1. The van der Waals surface area contributed by atoms with E-state index < -0.39 is 11.1 Å². The van der Waals surface area contributed by atoms with Crippen molar-refractivity contribution in [1.29, 1.82) is 0 Å². The van der Waals surface area contributed by atoms with E-state index in [-0.39, 0.29) is 0 Å². The minimum atomic E-state index is -1.18. The van der Waals surface area contributed by atoms with Gasteiger partial charge in [-0.05, 0) is 48.9 Å². The third-order valence-electron chi connectivity index (χ3n) is 5.76. The van der Waals surface area contributed by atoms with E-state index in [2.05, 4.69) is 37.2 Å². The molecule has 1 atom stereocenters. The Balaban J connectivity index is 1.25. The average Bonchev–Trinajstić information content (AvgIpc) is 3.10. The lowest BCUT2D eigenvalue weighted by atomic mass is 10.1. The quantitative estimate of drug-likeness (QED) is 0.613. The van der Waals surface area contributed by atoms with Crippen molar-refractivity contribution in [2.45, 2.75) is 6.42 Å². The lowest BCUT2D eigenvalue weighted by Crippen LogP contribution is -2.36. The van der Waals surface area contributed by atoms with Gasteiger partial charge in [-0.15, -0.1) is 0 Å². The molecule has 0 aliphatic carbocycles. The topological polar surface area (TPSA) is 79.8 Å². The number of nitrogens with zero attached hydrogens (tertiary/aromatic N) is 4. The lowest BCUT2D eigenvalue weighted by Gasteiger charge is -2.28. The highest BCUT2D eigenvalue weighted by Crippen LogP contribution is 2.25. The zero-order valence-electron chi connectivity index (χ0n) is 18.4. The minimum Gasteiger partial charge on any atom is -0.378 e. The van der Waals surface area contributed by atoms with Gasteiger partial charge in [0.25, 0.3) is 0 Å². The molecular formula is C24H27N5O3S. The minimum absolute atomic E-state index is 0.345. The van der Waals surface area contributed by atoms with Crippen molar-refractivity contribution in [3.8, 4) is 11.3 Å². The molecule has 1 aromatic heterocycles. The van der Waals surface area contributed by atoms with Gasteiger partial charge >= 0.3 is 0 Å². The summed E-state index contributed by atoms with van der Waals surface area (Å²) in [4.78, 5) is 13.5. The number of ether oxygens (including phenoxy) is 1. The molecule has 0 saturated carbocycles. The normalized spacial score (nSPS) is 19.2. The van der Waals surface area contributed by atoms with Crippen molar-refractivity contribution >= 4 is 34.1 Å². The van der Waals surface area contributed by atoms with Crippen LogP contribution in [-0.4, -0.2) is 59.5 Å². The van der Waals surface area contributed by atoms with Crippen LogP contribution in [0.5, 0.6) is 0 Å². The monoisotopic (exact) mass is 465 g/mol. The molecule has 2 aliphatic heterocycles. The van der Waals surface area contributed by atoms with Gasteiger partial charge in [-0.2, -0.15) is 0 Å². The first-order valence-corrected chi connectivity index (χ1v) is 12.4. The smallest absolute Gasteiger partial charge is 0.227 e. The van der Waals surface area contributed by atoms with E-state index in [0.717, 1.165) is 61.9 Å². The molecule has 2 saturated heterocycles. The number of anilines is 4. The van der Waals surface area contributed by atoms with Gasteiger partial charge in [0, 0.05) is 48.5 Å². The standard InChI is InChI=1S/C24H27N5O3S/c30-33-17-1-12-29(18-32-33)22-6-2-19(3-7-22)23-10-11-25-24(27-23)26-20-4-8-21(9-5-20)28-13-15-31-16-14-28/h2-11H,1,12-18H2,(H,25,26,27). The Kier molecular flexibility index (Phi) is 6.80. The number of nitrogens with one attached hydrogen (secondary N) is 1. The molecule has 0 bridgehead atoms. The maximum absolute atomic E-state index is 11.6. The van der Waals surface area contributed by atoms with Crippen LogP contribution in [0.2, 0.25) is 0 Å². The molecule has 2 aliphatic rings. The number of benzene rings is 2. The highest BCUT2D eigenvalue weighted by molar-refractivity contribution is 7.80. The van der Waals surface area contributed by atoms with Crippen molar-refractivity contribution in [3.05, 3.63) is 60.8 Å². The highest BCUT2D eigenvalue weighted by atomic mass is 32.2. The zero-order chi connectivity index (χ0) is 22.5. The number of rotatable bonds is 5. The van der Waals surface area contributed by atoms with Crippen LogP contribution in [0, 0.1) is 0 Å². The first-order chi connectivity index (χ1) is 16.2. The number of aromatic nitrogens is 2. The Bertz CT molecular complexity index is 1090. The molecule has 3 aromatic rings. The molecule has 1 unspecified atom stereocenters. The van der Waals surface area contributed by atoms with Gasteiger partial charge < -0.3 is 19.9 Å². The molecule has 0 spiro atoms. The van der Waals surface area contributed by atoms with E-state index in [9.17, 15) is 4.21 Å². The predicted octanol–water partition coefficient (Wildman–Crippen LogP) is 3.57. The van der Waals surface area contributed by atoms with Crippen molar-refractivity contribution in [2.75, 3.05) is 60.4 Å². The van der Waals surface area contributed by atoms with E-state index in [4.69, 9.17) is 8.92 Å². The molecule has 0 amide bonds. The van der Waals surface area contributed by atoms with Crippen LogP contribution in [-0.2, 0) is 20.0 Å². The second-order valence-electron chi connectivity index (χ2n) is 7.96. The Labute approximate surface area is 196 Å². The van der Waals surface area contributed by atoms with Gasteiger partial charge in [0.05, 0.1) is 24.7 Å². The van der Waals surface area contributed by atoms with Gasteiger partial charge in [-0.25, -0.2) is 14.2 Å². The summed E-state index contributed by atoms with van der Waals surface area (Å²) in [6.45, 7) is 4.56. The summed E-state index contributed by atoms with van der Waals surface area (Å²) >= 11 is -1.18. The Hall–Kier alpha value is -3.01. The molecule has 0 radical (unpaired) electrons. The van der Waals surface area contributed by atoms with E-state index in [1.54, 1.807) is 6.20 Å². The Morgan fingerprint density at radius 1 is 0.879 bits per heavy atom. The van der Waals surface area contributed by atoms with Crippen molar-refractivity contribution in [3.63, 3.8) is 0 Å².